The van der Waals surface area contributed by atoms with Crippen molar-refractivity contribution < 1.29 is 4.74 Å². The molecule has 4 rings (SSSR count). The van der Waals surface area contributed by atoms with Gasteiger partial charge in [0.1, 0.15) is 10.7 Å². The van der Waals surface area contributed by atoms with Crippen LogP contribution in [0.3, 0.4) is 0 Å². The fourth-order valence-corrected chi connectivity index (χ4v) is 5.30. The summed E-state index contributed by atoms with van der Waals surface area (Å²) in [6.07, 6.45) is 1.57. The van der Waals surface area contributed by atoms with E-state index in [0.29, 0.717) is 35.2 Å². The van der Waals surface area contributed by atoms with Crippen molar-refractivity contribution in [3.63, 3.8) is 0 Å². The zero-order chi connectivity index (χ0) is 21.4. The molecule has 0 aliphatic heterocycles. The molecule has 0 amide bonds. The van der Waals surface area contributed by atoms with E-state index in [0.717, 1.165) is 20.1 Å². The quantitative estimate of drug-likeness (QED) is 0.475. The van der Waals surface area contributed by atoms with Gasteiger partial charge in [-0.05, 0) is 31.2 Å². The molecule has 0 fully saturated rings. The number of hydrogen-bond donors (Lipinski definition) is 1. The number of pyridine rings is 1. The lowest BCUT2D eigenvalue weighted by Crippen LogP contribution is -2.25. The first-order valence-electron chi connectivity index (χ1n) is 9.74. The van der Waals surface area contributed by atoms with Gasteiger partial charge in [-0.3, -0.25) is 14.2 Å². The predicted molar refractivity (Wildman–Crippen MR) is 123 cm³/mol. The Morgan fingerprint density at radius 3 is 2.73 bits per heavy atom. The molecule has 0 saturated carbocycles. The predicted octanol–water partition coefficient (Wildman–Crippen LogP) is 4.57. The monoisotopic (exact) mass is 441 g/mol. The Kier molecular flexibility index (Phi) is 5.62. The van der Waals surface area contributed by atoms with E-state index < -0.39 is 0 Å². The largest absolute Gasteiger partial charge is 0.488 e. The molecule has 30 heavy (non-hydrogen) atoms. The van der Waals surface area contributed by atoms with Crippen molar-refractivity contribution in [1.82, 2.24) is 14.5 Å². The number of ether oxygens (including phenoxy) is 1. The summed E-state index contributed by atoms with van der Waals surface area (Å²) in [5.41, 5.74) is 1.30. The number of aromatic amines is 1. The van der Waals surface area contributed by atoms with E-state index in [1.54, 1.807) is 33.4 Å². The Morgan fingerprint density at radius 2 is 2.07 bits per heavy atom. The van der Waals surface area contributed by atoms with Gasteiger partial charge in [-0.2, -0.15) is 0 Å². The summed E-state index contributed by atoms with van der Waals surface area (Å²) in [5, 5.41) is 2.65. The topological polar surface area (TPSA) is 77.0 Å². The first-order chi connectivity index (χ1) is 14.3. The number of aryl methyl sites for hydroxylation is 2. The molecule has 156 valence electrons. The second-order valence-electron chi connectivity index (χ2n) is 7.63. The third kappa shape index (κ3) is 3.85. The van der Waals surface area contributed by atoms with Crippen molar-refractivity contribution in [2.75, 3.05) is 6.61 Å². The second kappa shape index (κ2) is 8.20. The second-order valence-corrected chi connectivity index (χ2v) is 9.78. The number of rotatable bonds is 6. The summed E-state index contributed by atoms with van der Waals surface area (Å²) in [4.78, 5) is 36.5. The average Bonchev–Trinajstić information content (AvgIpc) is 3.31. The van der Waals surface area contributed by atoms with Gasteiger partial charge in [0, 0.05) is 33.3 Å². The van der Waals surface area contributed by atoms with Gasteiger partial charge >= 0.3 is 0 Å². The van der Waals surface area contributed by atoms with Crippen molar-refractivity contribution >= 4 is 32.9 Å². The van der Waals surface area contributed by atoms with Crippen LogP contribution < -0.4 is 15.7 Å². The summed E-state index contributed by atoms with van der Waals surface area (Å²) in [5.74, 6) is 1.24. The third-order valence-electron chi connectivity index (χ3n) is 4.78. The number of aromatic nitrogens is 3. The van der Waals surface area contributed by atoms with Gasteiger partial charge in [0.2, 0.25) is 5.43 Å². The molecule has 4 aromatic rings. The Bertz CT molecular complexity index is 1310. The minimum atomic E-state index is -0.199. The van der Waals surface area contributed by atoms with Gasteiger partial charge in [0.05, 0.1) is 18.5 Å². The number of thiophene rings is 2. The van der Waals surface area contributed by atoms with Gasteiger partial charge in [-0.25, -0.2) is 4.98 Å². The zero-order valence-electron chi connectivity index (χ0n) is 17.3. The van der Waals surface area contributed by atoms with E-state index >= 15 is 0 Å². The highest BCUT2D eigenvalue weighted by molar-refractivity contribution is 7.20. The summed E-state index contributed by atoms with van der Waals surface area (Å²) < 4.78 is 7.16. The third-order valence-corrected chi connectivity index (χ3v) is 6.67. The molecular formula is C22H23N3O3S2. The van der Waals surface area contributed by atoms with Crippen LogP contribution in [-0.2, 0) is 6.54 Å². The van der Waals surface area contributed by atoms with E-state index in [1.807, 2.05) is 45.2 Å². The van der Waals surface area contributed by atoms with E-state index in [9.17, 15) is 9.59 Å². The van der Waals surface area contributed by atoms with E-state index in [-0.39, 0.29) is 17.5 Å². The number of nitrogens with zero attached hydrogens (tertiary/aromatic N) is 2. The molecule has 4 heterocycles. The van der Waals surface area contributed by atoms with Crippen LogP contribution in [-0.4, -0.2) is 21.1 Å². The summed E-state index contributed by atoms with van der Waals surface area (Å²) in [7, 11) is 0. The molecule has 0 aliphatic carbocycles. The summed E-state index contributed by atoms with van der Waals surface area (Å²) in [6, 6.07) is 5.50. The maximum absolute atomic E-state index is 13.4. The minimum Gasteiger partial charge on any atom is -0.488 e. The van der Waals surface area contributed by atoms with Crippen molar-refractivity contribution in [3.05, 3.63) is 66.7 Å². The fourth-order valence-electron chi connectivity index (χ4n) is 3.33. The Labute approximate surface area is 181 Å². The summed E-state index contributed by atoms with van der Waals surface area (Å²) >= 11 is 3.15. The van der Waals surface area contributed by atoms with E-state index in [1.165, 1.54) is 6.07 Å². The van der Waals surface area contributed by atoms with Crippen LogP contribution in [0.1, 0.15) is 30.2 Å². The number of H-pyrrole nitrogens is 1. The van der Waals surface area contributed by atoms with Crippen LogP contribution in [0.5, 0.6) is 5.75 Å². The maximum atomic E-state index is 13.4. The van der Waals surface area contributed by atoms with Crippen LogP contribution in [0.25, 0.3) is 20.7 Å². The fraction of sp³-hybridized carbons (Fsp3) is 0.318. The lowest BCUT2D eigenvalue weighted by molar-refractivity contribution is 0.267. The zero-order valence-corrected chi connectivity index (χ0v) is 18.9. The highest BCUT2D eigenvalue weighted by atomic mass is 32.1. The molecule has 0 saturated heterocycles. The van der Waals surface area contributed by atoms with Gasteiger partial charge in [-0.15, -0.1) is 22.7 Å². The molecule has 0 unspecified atom stereocenters. The van der Waals surface area contributed by atoms with Crippen LogP contribution >= 0.6 is 22.7 Å². The van der Waals surface area contributed by atoms with Crippen molar-refractivity contribution in [1.29, 1.82) is 0 Å². The van der Waals surface area contributed by atoms with Gasteiger partial charge in [0.15, 0.2) is 5.75 Å². The highest BCUT2D eigenvalue weighted by Gasteiger charge is 2.19. The standard InChI is InChI=1S/C22H23N3O3S2/c1-12(2)11-28-17-9-23-15(8-16(17)26)10-25-14(4)24-21-20(22(25)27)19(13(3)30-21)18-6-5-7-29-18/h5-9,12H,10-11H2,1-4H3,(H,23,26). The van der Waals surface area contributed by atoms with Gasteiger partial charge in [-0.1, -0.05) is 19.9 Å². The Morgan fingerprint density at radius 1 is 1.27 bits per heavy atom. The molecule has 6 nitrogen and oxygen atoms in total. The SMILES string of the molecule is Cc1sc2nc(C)n(Cc3cc(=O)c(OCC(C)C)c[nH]3)c(=O)c2c1-c1cccs1. The normalized spacial score (nSPS) is 11.5. The van der Waals surface area contributed by atoms with Crippen molar-refractivity contribution in [3.8, 4) is 16.2 Å². The molecule has 0 atom stereocenters. The lowest BCUT2D eigenvalue weighted by atomic mass is 10.1. The molecule has 0 aromatic carbocycles. The Balaban J connectivity index is 1.75. The average molecular weight is 442 g/mol. The van der Waals surface area contributed by atoms with Crippen LogP contribution in [0, 0.1) is 19.8 Å². The minimum absolute atomic E-state index is 0.0915. The van der Waals surface area contributed by atoms with Crippen LogP contribution in [0.15, 0.2) is 39.4 Å². The van der Waals surface area contributed by atoms with Crippen molar-refractivity contribution in [2.24, 2.45) is 5.92 Å². The Hall–Kier alpha value is -2.71. The highest BCUT2D eigenvalue weighted by Crippen LogP contribution is 2.37. The number of hydrogen-bond acceptors (Lipinski definition) is 6. The maximum Gasteiger partial charge on any atom is 0.263 e. The number of fused-ring (bicyclic) bond motifs is 1. The first-order valence-corrected chi connectivity index (χ1v) is 11.4. The smallest absolute Gasteiger partial charge is 0.263 e. The molecule has 1 N–H and O–H groups in total. The molecule has 4 aromatic heterocycles. The molecule has 0 bridgehead atoms. The molecule has 0 aliphatic rings. The van der Waals surface area contributed by atoms with E-state index in [2.05, 4.69) is 9.97 Å². The van der Waals surface area contributed by atoms with Crippen LogP contribution in [0.2, 0.25) is 0 Å². The van der Waals surface area contributed by atoms with Gasteiger partial charge < -0.3 is 9.72 Å². The van der Waals surface area contributed by atoms with Crippen LogP contribution in [0.4, 0.5) is 0 Å². The van der Waals surface area contributed by atoms with E-state index in [4.69, 9.17) is 4.74 Å². The summed E-state index contributed by atoms with van der Waals surface area (Å²) in [6.45, 7) is 8.61. The first kappa shape index (κ1) is 20.6. The number of nitrogens with one attached hydrogen (secondary N) is 1. The molecule has 8 heteroatoms. The van der Waals surface area contributed by atoms with Crippen molar-refractivity contribution in [2.45, 2.75) is 34.2 Å². The molecular weight excluding hydrogens is 418 g/mol. The molecule has 0 spiro atoms. The molecule has 0 radical (unpaired) electrons. The lowest BCUT2D eigenvalue weighted by Gasteiger charge is -2.11. The van der Waals surface area contributed by atoms with Gasteiger partial charge in [0.25, 0.3) is 5.56 Å².